The standard InChI is InChI=1S/C27H33N3O3S/c1-19-17-27(20(2)16-26(19)33-5)34(31,32)28-18-25(22-10-12-23(13-11-22)29(3)4)30-15-14-21-8-6-7-9-24(21)30/h6-13,16-17,25,28H,14-15,18H2,1-5H3. The number of sulfonamides is 1. The van der Waals surface area contributed by atoms with E-state index in [1.807, 2.05) is 27.1 Å². The first-order chi connectivity index (χ1) is 16.2. The van der Waals surface area contributed by atoms with Gasteiger partial charge in [-0.2, -0.15) is 0 Å². The molecular formula is C27H33N3O3S. The van der Waals surface area contributed by atoms with Gasteiger partial charge >= 0.3 is 0 Å². The second kappa shape index (κ2) is 9.68. The molecule has 1 aliphatic heterocycles. The van der Waals surface area contributed by atoms with Crippen molar-refractivity contribution in [3.8, 4) is 5.75 Å². The number of nitrogens with one attached hydrogen (secondary N) is 1. The fourth-order valence-electron chi connectivity index (χ4n) is 4.63. The van der Waals surface area contributed by atoms with E-state index in [-0.39, 0.29) is 17.5 Å². The summed E-state index contributed by atoms with van der Waals surface area (Å²) in [4.78, 5) is 4.66. The van der Waals surface area contributed by atoms with Gasteiger partial charge in [0.1, 0.15) is 5.75 Å². The molecule has 0 amide bonds. The first kappa shape index (κ1) is 24.1. The van der Waals surface area contributed by atoms with Gasteiger partial charge in [0.2, 0.25) is 10.0 Å². The van der Waals surface area contributed by atoms with Gasteiger partial charge in [0.05, 0.1) is 18.0 Å². The molecule has 3 aromatic carbocycles. The maximum absolute atomic E-state index is 13.4. The number of anilines is 2. The summed E-state index contributed by atoms with van der Waals surface area (Å²) in [6.07, 6.45) is 0.950. The third kappa shape index (κ3) is 4.76. The Morgan fingerprint density at radius 1 is 1.03 bits per heavy atom. The van der Waals surface area contributed by atoms with Gasteiger partial charge in [-0.1, -0.05) is 30.3 Å². The number of rotatable bonds is 8. The fourth-order valence-corrected chi connectivity index (χ4v) is 5.98. The van der Waals surface area contributed by atoms with Crippen molar-refractivity contribution in [1.82, 2.24) is 4.72 Å². The van der Waals surface area contributed by atoms with Crippen molar-refractivity contribution >= 4 is 21.4 Å². The molecule has 3 aromatic rings. The number of benzene rings is 3. The lowest BCUT2D eigenvalue weighted by atomic mass is 10.0. The van der Waals surface area contributed by atoms with Crippen LogP contribution in [0.3, 0.4) is 0 Å². The van der Waals surface area contributed by atoms with E-state index >= 15 is 0 Å². The topological polar surface area (TPSA) is 61.9 Å². The minimum absolute atomic E-state index is 0.130. The molecule has 1 heterocycles. The van der Waals surface area contributed by atoms with Gasteiger partial charge in [-0.15, -0.1) is 0 Å². The molecule has 0 radical (unpaired) electrons. The SMILES string of the molecule is COc1cc(C)c(S(=O)(=O)NCC(c2ccc(N(C)C)cc2)N2CCc3ccccc32)cc1C. The molecule has 0 saturated carbocycles. The molecule has 1 atom stereocenters. The summed E-state index contributed by atoms with van der Waals surface area (Å²) in [5.74, 6) is 0.684. The Kier molecular flexibility index (Phi) is 6.86. The summed E-state index contributed by atoms with van der Waals surface area (Å²) >= 11 is 0. The van der Waals surface area contributed by atoms with Gasteiger partial charge in [0, 0.05) is 38.6 Å². The minimum atomic E-state index is -3.71. The van der Waals surface area contributed by atoms with Crippen LogP contribution in [0.2, 0.25) is 0 Å². The van der Waals surface area contributed by atoms with Crippen LogP contribution in [0, 0.1) is 13.8 Å². The molecule has 0 aliphatic carbocycles. The summed E-state index contributed by atoms with van der Waals surface area (Å²) in [5.41, 5.74) is 6.09. The lowest BCUT2D eigenvalue weighted by molar-refractivity contribution is 0.411. The smallest absolute Gasteiger partial charge is 0.240 e. The summed E-state index contributed by atoms with van der Waals surface area (Å²) < 4.78 is 35.0. The van der Waals surface area contributed by atoms with Crippen molar-refractivity contribution in [3.63, 3.8) is 0 Å². The van der Waals surface area contributed by atoms with Crippen LogP contribution in [0.15, 0.2) is 65.6 Å². The van der Waals surface area contributed by atoms with Crippen LogP contribution in [0.1, 0.15) is 28.3 Å². The monoisotopic (exact) mass is 479 g/mol. The normalized spacial score (nSPS) is 14.1. The molecule has 0 saturated heterocycles. The van der Waals surface area contributed by atoms with Crippen LogP contribution in [0.4, 0.5) is 11.4 Å². The highest BCUT2D eigenvalue weighted by Crippen LogP contribution is 2.35. The molecule has 34 heavy (non-hydrogen) atoms. The molecule has 0 bridgehead atoms. The maximum Gasteiger partial charge on any atom is 0.240 e. The van der Waals surface area contributed by atoms with Crippen molar-refractivity contribution in [2.75, 3.05) is 44.1 Å². The van der Waals surface area contributed by atoms with E-state index < -0.39 is 10.0 Å². The molecule has 0 fully saturated rings. The van der Waals surface area contributed by atoms with E-state index in [1.165, 1.54) is 11.3 Å². The van der Waals surface area contributed by atoms with E-state index in [1.54, 1.807) is 26.2 Å². The average Bonchev–Trinajstić information content (AvgIpc) is 3.24. The largest absolute Gasteiger partial charge is 0.496 e. The molecule has 4 rings (SSSR count). The molecule has 1 unspecified atom stereocenters. The van der Waals surface area contributed by atoms with Crippen molar-refractivity contribution in [2.45, 2.75) is 31.2 Å². The number of nitrogens with zero attached hydrogens (tertiary/aromatic N) is 2. The van der Waals surface area contributed by atoms with E-state index in [0.717, 1.165) is 29.8 Å². The quantitative estimate of drug-likeness (QED) is 0.517. The van der Waals surface area contributed by atoms with Gasteiger partial charge in [0.15, 0.2) is 0 Å². The number of aryl methyl sites for hydroxylation is 2. The van der Waals surface area contributed by atoms with E-state index in [0.29, 0.717) is 11.3 Å². The number of fused-ring (bicyclic) bond motifs is 1. The van der Waals surface area contributed by atoms with Crippen LogP contribution in [0.5, 0.6) is 5.75 Å². The third-order valence-electron chi connectivity index (χ3n) is 6.54. The Balaban J connectivity index is 1.66. The van der Waals surface area contributed by atoms with Crippen molar-refractivity contribution in [1.29, 1.82) is 0 Å². The van der Waals surface area contributed by atoms with Crippen LogP contribution in [0.25, 0.3) is 0 Å². The molecule has 1 N–H and O–H groups in total. The highest BCUT2D eigenvalue weighted by molar-refractivity contribution is 7.89. The Labute approximate surface area is 203 Å². The third-order valence-corrected chi connectivity index (χ3v) is 8.11. The number of methoxy groups -OCH3 is 1. The van der Waals surface area contributed by atoms with Crippen molar-refractivity contribution < 1.29 is 13.2 Å². The molecular weight excluding hydrogens is 446 g/mol. The number of hydrogen-bond donors (Lipinski definition) is 1. The summed E-state index contributed by atoms with van der Waals surface area (Å²) in [7, 11) is 1.90. The number of ether oxygens (including phenoxy) is 1. The predicted molar refractivity (Wildman–Crippen MR) is 139 cm³/mol. The molecule has 0 aromatic heterocycles. The first-order valence-electron chi connectivity index (χ1n) is 11.5. The number of hydrogen-bond acceptors (Lipinski definition) is 5. The Morgan fingerprint density at radius 3 is 2.41 bits per heavy atom. The second-order valence-corrected chi connectivity index (χ2v) is 10.7. The zero-order chi connectivity index (χ0) is 24.5. The minimum Gasteiger partial charge on any atom is -0.496 e. The van der Waals surface area contributed by atoms with Crippen LogP contribution in [-0.2, 0) is 16.4 Å². The highest BCUT2D eigenvalue weighted by Gasteiger charge is 2.29. The van der Waals surface area contributed by atoms with Gasteiger partial charge in [0.25, 0.3) is 0 Å². The Morgan fingerprint density at radius 2 is 1.74 bits per heavy atom. The molecule has 7 heteroatoms. The summed E-state index contributed by atoms with van der Waals surface area (Å²) in [6.45, 7) is 4.77. The molecule has 180 valence electrons. The van der Waals surface area contributed by atoms with Gasteiger partial charge < -0.3 is 14.5 Å². The molecule has 1 aliphatic rings. The van der Waals surface area contributed by atoms with Gasteiger partial charge in [-0.25, -0.2) is 13.1 Å². The first-order valence-corrected chi connectivity index (χ1v) is 13.0. The zero-order valence-corrected chi connectivity index (χ0v) is 21.3. The maximum atomic E-state index is 13.4. The van der Waals surface area contributed by atoms with E-state index in [2.05, 4.69) is 57.0 Å². The highest BCUT2D eigenvalue weighted by atomic mass is 32.2. The van der Waals surface area contributed by atoms with E-state index in [4.69, 9.17) is 4.74 Å². The molecule has 6 nitrogen and oxygen atoms in total. The lowest BCUT2D eigenvalue weighted by Gasteiger charge is -2.31. The van der Waals surface area contributed by atoms with Crippen LogP contribution in [-0.4, -0.2) is 42.7 Å². The second-order valence-electron chi connectivity index (χ2n) is 9.01. The van der Waals surface area contributed by atoms with Crippen LogP contribution < -0.4 is 19.3 Å². The fraction of sp³-hybridized carbons (Fsp3) is 0.333. The zero-order valence-electron chi connectivity index (χ0n) is 20.5. The summed E-state index contributed by atoms with van der Waals surface area (Å²) in [5, 5.41) is 0. The Bertz CT molecular complexity index is 1270. The Hall–Kier alpha value is -3.03. The van der Waals surface area contributed by atoms with Crippen LogP contribution >= 0.6 is 0 Å². The predicted octanol–water partition coefficient (Wildman–Crippen LogP) is 4.46. The van der Waals surface area contributed by atoms with Crippen molar-refractivity contribution in [2.24, 2.45) is 0 Å². The van der Waals surface area contributed by atoms with Crippen molar-refractivity contribution in [3.05, 3.63) is 82.9 Å². The van der Waals surface area contributed by atoms with E-state index in [9.17, 15) is 8.42 Å². The summed E-state index contributed by atoms with van der Waals surface area (Å²) in [6, 6.07) is 20.0. The molecule has 0 spiro atoms. The van der Waals surface area contributed by atoms with Gasteiger partial charge in [-0.05, 0) is 72.9 Å². The van der Waals surface area contributed by atoms with Gasteiger partial charge in [-0.3, -0.25) is 0 Å². The number of para-hydroxylation sites is 1. The average molecular weight is 480 g/mol. The lowest BCUT2D eigenvalue weighted by Crippen LogP contribution is -2.37.